The molecule has 0 fully saturated rings. The fraction of sp³-hybridized carbons (Fsp3) is 0.261. The van der Waals surface area contributed by atoms with Gasteiger partial charge in [-0.05, 0) is 47.7 Å². The van der Waals surface area contributed by atoms with E-state index in [4.69, 9.17) is 6.85 Å². The van der Waals surface area contributed by atoms with Crippen LogP contribution in [-0.4, -0.2) is 0 Å². The first-order chi connectivity index (χ1) is 13.6. The summed E-state index contributed by atoms with van der Waals surface area (Å²) in [6.07, 6.45) is 1.88. The molecule has 1 nitrogen and oxygen atoms in total. The van der Waals surface area contributed by atoms with Crippen molar-refractivity contribution in [3.63, 3.8) is 0 Å². The lowest BCUT2D eigenvalue weighted by Gasteiger charge is -2.25. The van der Waals surface area contributed by atoms with Gasteiger partial charge in [0, 0.05) is 23.9 Å². The molecule has 0 amide bonds. The molecule has 120 valence electrons. The maximum absolute atomic E-state index is 8.46. The zero-order valence-electron chi connectivity index (χ0n) is 19.2. The van der Waals surface area contributed by atoms with Crippen LogP contribution in [0.15, 0.2) is 54.7 Å². The molecule has 0 N–H and O–H groups in total. The zero-order chi connectivity index (χ0) is 21.1. The number of benzene rings is 2. The first kappa shape index (κ1) is 10.5. The normalized spacial score (nSPS) is 22.1. The average molecular weight is 319 g/mol. The van der Waals surface area contributed by atoms with Gasteiger partial charge in [-0.3, -0.25) is 0 Å². The van der Waals surface area contributed by atoms with E-state index in [0.717, 1.165) is 39.1 Å². The van der Waals surface area contributed by atoms with E-state index in [1.54, 1.807) is 13.0 Å². The first-order valence-corrected chi connectivity index (χ1v) is 8.16. The Balaban J connectivity index is 2.19. The molecule has 0 saturated heterocycles. The number of rotatable bonds is 1. The predicted molar refractivity (Wildman–Crippen MR) is 100 cm³/mol. The molecule has 1 atom stereocenters. The Labute approximate surface area is 151 Å². The molecule has 24 heavy (non-hydrogen) atoms. The Hall–Kier alpha value is -2.41. The lowest BCUT2D eigenvalue weighted by Crippen LogP contribution is -2.32. The van der Waals surface area contributed by atoms with Crippen LogP contribution >= 0.6 is 0 Å². The van der Waals surface area contributed by atoms with Crippen LogP contribution in [0.25, 0.3) is 22.4 Å². The number of aromatic nitrogens is 1. The number of pyridine rings is 1. The molecule has 4 rings (SSSR count). The van der Waals surface area contributed by atoms with Crippen molar-refractivity contribution in [2.45, 2.75) is 33.0 Å². The van der Waals surface area contributed by atoms with Crippen molar-refractivity contribution in [3.8, 4) is 22.4 Å². The monoisotopic (exact) mass is 319 g/mol. The topological polar surface area (TPSA) is 3.88 Å². The van der Waals surface area contributed by atoms with Gasteiger partial charge >= 0.3 is 0 Å². The Morgan fingerprint density at radius 3 is 2.58 bits per heavy atom. The third-order valence-corrected chi connectivity index (χ3v) is 5.12. The molecular weight excluding hydrogens is 290 g/mol. The van der Waals surface area contributed by atoms with Crippen molar-refractivity contribution >= 4 is 0 Å². The number of hydrogen-bond acceptors (Lipinski definition) is 0. The fourth-order valence-electron chi connectivity index (χ4n) is 4.00. The average Bonchev–Trinajstić information content (AvgIpc) is 2.92. The van der Waals surface area contributed by atoms with Gasteiger partial charge < -0.3 is 0 Å². The largest absolute Gasteiger partial charge is 0.215 e. The maximum Gasteiger partial charge on any atom is 0.215 e. The van der Waals surface area contributed by atoms with E-state index in [1.807, 2.05) is 67.2 Å². The summed E-state index contributed by atoms with van der Waals surface area (Å²) in [6, 6.07) is 15.3. The molecule has 0 aliphatic heterocycles. The number of aryl methyl sites for hydroxylation is 3. The minimum absolute atomic E-state index is 0.565. The van der Waals surface area contributed by atoms with E-state index in [9.17, 15) is 0 Å². The van der Waals surface area contributed by atoms with Crippen LogP contribution in [0.2, 0.25) is 0 Å². The summed E-state index contributed by atoms with van der Waals surface area (Å²) in [7, 11) is 1.88. The standard InChI is InChI=1S/C23H24N/c1-15-12-13-18-17-10-6-7-11-19(17)23(3,4)21(18)20(15)22-16(2)9-8-14-24(22)5/h6-14H,1-5H3/q+1/i2D2,3D3. The molecule has 1 aliphatic rings. The lowest BCUT2D eigenvalue weighted by molar-refractivity contribution is -0.660. The molecule has 0 bridgehead atoms. The summed E-state index contributed by atoms with van der Waals surface area (Å²) in [6.45, 7) is 0.342. The summed E-state index contributed by atoms with van der Waals surface area (Å²) in [5.41, 5.74) is 5.31. The SMILES string of the molecule is [2H]C([2H])c1ccc[n+](C)c1-c1c(C)ccc2c1C(C)(C([2H])([2H])[2H])c1ccccc1-2. The maximum atomic E-state index is 8.46. The van der Waals surface area contributed by atoms with Gasteiger partial charge in [0.15, 0.2) is 6.20 Å². The molecular formula is C23H24N+. The van der Waals surface area contributed by atoms with Crippen LogP contribution in [0, 0.1) is 13.8 Å². The van der Waals surface area contributed by atoms with Crippen molar-refractivity contribution in [3.05, 3.63) is 77.0 Å². The van der Waals surface area contributed by atoms with Crippen molar-refractivity contribution in [2.75, 3.05) is 0 Å². The molecule has 0 saturated carbocycles. The second kappa shape index (κ2) is 5.04. The molecule has 1 heteroatoms. The summed E-state index contributed by atoms with van der Waals surface area (Å²) >= 11 is 0. The molecule has 0 radical (unpaired) electrons. The molecule has 3 aromatic rings. The third kappa shape index (κ3) is 1.91. The van der Waals surface area contributed by atoms with Crippen LogP contribution in [-0.2, 0) is 12.5 Å². The van der Waals surface area contributed by atoms with Crippen LogP contribution in [0.1, 0.15) is 42.9 Å². The number of hydrogen-bond donors (Lipinski definition) is 0. The molecule has 1 unspecified atom stereocenters. The van der Waals surface area contributed by atoms with Crippen molar-refractivity contribution in [1.29, 1.82) is 0 Å². The van der Waals surface area contributed by atoms with Crippen LogP contribution in [0.4, 0.5) is 0 Å². The second-order valence-electron chi connectivity index (χ2n) is 6.77. The highest BCUT2D eigenvalue weighted by Crippen LogP contribution is 2.52. The Kier molecular flexibility index (Phi) is 2.20. The third-order valence-electron chi connectivity index (χ3n) is 5.12. The van der Waals surface area contributed by atoms with Crippen molar-refractivity contribution < 1.29 is 11.4 Å². The predicted octanol–water partition coefficient (Wildman–Crippen LogP) is 5.10. The van der Waals surface area contributed by atoms with E-state index in [2.05, 4.69) is 0 Å². The van der Waals surface area contributed by atoms with Crippen LogP contribution in [0.5, 0.6) is 0 Å². The Bertz CT molecular complexity index is 1120. The van der Waals surface area contributed by atoms with Crippen LogP contribution < -0.4 is 4.57 Å². The number of nitrogens with zero attached hydrogens (tertiary/aromatic N) is 1. The lowest BCUT2D eigenvalue weighted by atomic mass is 9.78. The van der Waals surface area contributed by atoms with Gasteiger partial charge in [0.1, 0.15) is 7.05 Å². The first-order valence-electron chi connectivity index (χ1n) is 10.8. The second-order valence-corrected chi connectivity index (χ2v) is 6.77. The van der Waals surface area contributed by atoms with Gasteiger partial charge in [-0.1, -0.05) is 50.2 Å². The fourth-order valence-corrected chi connectivity index (χ4v) is 4.00. The molecule has 2 aromatic carbocycles. The van der Waals surface area contributed by atoms with E-state index in [-0.39, 0.29) is 0 Å². The van der Waals surface area contributed by atoms with E-state index in [0.29, 0.717) is 5.56 Å². The molecule has 0 spiro atoms. The smallest absolute Gasteiger partial charge is 0.201 e. The molecule has 1 aliphatic carbocycles. The van der Waals surface area contributed by atoms with E-state index in [1.165, 1.54) is 0 Å². The highest BCUT2D eigenvalue weighted by atomic mass is 14.9. The minimum Gasteiger partial charge on any atom is -0.201 e. The van der Waals surface area contributed by atoms with Gasteiger partial charge in [-0.15, -0.1) is 0 Å². The Morgan fingerprint density at radius 1 is 0.958 bits per heavy atom. The quantitative estimate of drug-likeness (QED) is 0.549. The van der Waals surface area contributed by atoms with E-state index >= 15 is 0 Å². The van der Waals surface area contributed by atoms with Gasteiger partial charge in [0.05, 0.1) is 5.56 Å². The molecule has 1 heterocycles. The Morgan fingerprint density at radius 2 is 1.79 bits per heavy atom. The number of fused-ring (bicyclic) bond motifs is 3. The zero-order valence-corrected chi connectivity index (χ0v) is 14.2. The van der Waals surface area contributed by atoms with Gasteiger partial charge in [0.25, 0.3) is 0 Å². The van der Waals surface area contributed by atoms with E-state index < -0.39 is 19.1 Å². The summed E-state index contributed by atoms with van der Waals surface area (Å²) in [5, 5.41) is 0. The highest BCUT2D eigenvalue weighted by Gasteiger charge is 2.39. The molecule has 1 aromatic heterocycles. The van der Waals surface area contributed by atoms with Gasteiger partial charge in [-0.25, -0.2) is 4.57 Å². The van der Waals surface area contributed by atoms with Crippen LogP contribution in [0.3, 0.4) is 0 Å². The highest BCUT2D eigenvalue weighted by molar-refractivity contribution is 5.88. The van der Waals surface area contributed by atoms with Crippen molar-refractivity contribution in [2.24, 2.45) is 7.05 Å². The van der Waals surface area contributed by atoms with Gasteiger partial charge in [-0.2, -0.15) is 0 Å². The van der Waals surface area contributed by atoms with Crippen molar-refractivity contribution in [1.82, 2.24) is 0 Å². The van der Waals surface area contributed by atoms with Gasteiger partial charge in [0.2, 0.25) is 5.69 Å². The minimum atomic E-state index is -2.26. The summed E-state index contributed by atoms with van der Waals surface area (Å²) in [4.78, 5) is 0. The summed E-state index contributed by atoms with van der Waals surface area (Å²) in [5.74, 6) is 0. The summed E-state index contributed by atoms with van der Waals surface area (Å²) < 4.78 is 43.4.